The van der Waals surface area contributed by atoms with E-state index in [1.807, 2.05) is 4.90 Å². The predicted molar refractivity (Wildman–Crippen MR) is 94.4 cm³/mol. The molecule has 1 unspecified atom stereocenters. The van der Waals surface area contributed by atoms with E-state index >= 15 is 0 Å². The Morgan fingerprint density at radius 2 is 1.50 bits per heavy atom. The van der Waals surface area contributed by atoms with Crippen LogP contribution in [-0.4, -0.2) is 59.0 Å². The summed E-state index contributed by atoms with van der Waals surface area (Å²) < 4.78 is 0. The number of hydrogen-bond donors (Lipinski definition) is 1. The molecule has 0 aromatic carbocycles. The molecule has 2 fully saturated rings. The molecule has 5 heteroatoms. The van der Waals surface area contributed by atoms with Crippen molar-refractivity contribution < 1.29 is 14.7 Å². The Labute approximate surface area is 146 Å². The van der Waals surface area contributed by atoms with E-state index in [0.29, 0.717) is 43.9 Å². The molecule has 1 aliphatic heterocycles. The van der Waals surface area contributed by atoms with Gasteiger partial charge < -0.3 is 14.9 Å². The van der Waals surface area contributed by atoms with Gasteiger partial charge in [-0.2, -0.15) is 0 Å². The van der Waals surface area contributed by atoms with E-state index in [4.69, 9.17) is 0 Å². The second kappa shape index (κ2) is 7.85. The SMILES string of the molecule is CC(O)C(=O)N1CCN(C(=O)CC2CCC(C(C)(C)C)CC2)CC1. The first-order chi connectivity index (χ1) is 11.2. The molecule has 1 saturated heterocycles. The molecule has 1 heterocycles. The summed E-state index contributed by atoms with van der Waals surface area (Å²) in [7, 11) is 0. The lowest BCUT2D eigenvalue weighted by molar-refractivity contribution is -0.145. The first kappa shape index (κ1) is 19.2. The van der Waals surface area contributed by atoms with Gasteiger partial charge in [0.15, 0.2) is 0 Å². The summed E-state index contributed by atoms with van der Waals surface area (Å²) in [6.07, 6.45) is 4.49. The van der Waals surface area contributed by atoms with Gasteiger partial charge in [0.05, 0.1) is 0 Å². The molecule has 1 N–H and O–H groups in total. The monoisotopic (exact) mass is 338 g/mol. The van der Waals surface area contributed by atoms with Crippen LogP contribution in [0.15, 0.2) is 0 Å². The molecule has 2 rings (SSSR count). The minimum atomic E-state index is -0.953. The number of nitrogens with zero attached hydrogens (tertiary/aromatic N) is 2. The molecule has 1 aliphatic carbocycles. The molecule has 0 aromatic rings. The van der Waals surface area contributed by atoms with Crippen molar-refractivity contribution in [2.75, 3.05) is 26.2 Å². The Morgan fingerprint density at radius 1 is 1.00 bits per heavy atom. The fourth-order valence-corrected chi connectivity index (χ4v) is 4.05. The van der Waals surface area contributed by atoms with Gasteiger partial charge in [-0.3, -0.25) is 9.59 Å². The van der Waals surface area contributed by atoms with Crippen molar-refractivity contribution in [1.29, 1.82) is 0 Å². The van der Waals surface area contributed by atoms with Crippen molar-refractivity contribution in [3.05, 3.63) is 0 Å². The zero-order valence-electron chi connectivity index (χ0n) is 15.8. The second-order valence-electron chi connectivity index (χ2n) is 8.67. The maximum Gasteiger partial charge on any atom is 0.251 e. The second-order valence-corrected chi connectivity index (χ2v) is 8.67. The zero-order valence-corrected chi connectivity index (χ0v) is 15.8. The third-order valence-electron chi connectivity index (χ3n) is 5.84. The number of carbonyl (C=O) groups is 2. The molecule has 2 amide bonds. The molecule has 1 saturated carbocycles. The fraction of sp³-hybridized carbons (Fsp3) is 0.895. The van der Waals surface area contributed by atoms with Crippen molar-refractivity contribution in [3.63, 3.8) is 0 Å². The van der Waals surface area contributed by atoms with Crippen LogP contribution < -0.4 is 0 Å². The number of carbonyl (C=O) groups excluding carboxylic acids is 2. The molecule has 0 radical (unpaired) electrons. The largest absolute Gasteiger partial charge is 0.384 e. The van der Waals surface area contributed by atoms with Crippen LogP contribution in [-0.2, 0) is 9.59 Å². The van der Waals surface area contributed by atoms with Crippen LogP contribution in [0.3, 0.4) is 0 Å². The predicted octanol–water partition coefficient (Wildman–Crippen LogP) is 2.28. The molecule has 0 bridgehead atoms. The van der Waals surface area contributed by atoms with E-state index in [9.17, 15) is 14.7 Å². The number of amides is 2. The van der Waals surface area contributed by atoms with Gasteiger partial charge in [-0.25, -0.2) is 0 Å². The normalized spacial score (nSPS) is 27.0. The maximum atomic E-state index is 12.5. The van der Waals surface area contributed by atoms with Gasteiger partial charge in [0.1, 0.15) is 6.10 Å². The Bertz CT molecular complexity index is 440. The van der Waals surface area contributed by atoms with Gasteiger partial charge in [0.2, 0.25) is 5.91 Å². The Morgan fingerprint density at radius 3 is 1.96 bits per heavy atom. The van der Waals surface area contributed by atoms with Crippen molar-refractivity contribution in [2.24, 2.45) is 17.3 Å². The molecular formula is C19H34N2O3. The van der Waals surface area contributed by atoms with Crippen LogP contribution in [0.1, 0.15) is 59.8 Å². The van der Waals surface area contributed by atoms with Gasteiger partial charge in [0, 0.05) is 32.6 Å². The smallest absolute Gasteiger partial charge is 0.251 e. The Kier molecular flexibility index (Phi) is 6.29. The summed E-state index contributed by atoms with van der Waals surface area (Å²) in [5.74, 6) is 1.30. The minimum absolute atomic E-state index is 0.234. The van der Waals surface area contributed by atoms with Crippen LogP contribution in [0.5, 0.6) is 0 Å². The van der Waals surface area contributed by atoms with Gasteiger partial charge in [-0.05, 0) is 49.9 Å². The number of piperazine rings is 1. The molecule has 0 aromatic heterocycles. The molecule has 0 spiro atoms. The third kappa shape index (κ3) is 4.95. The molecule has 1 atom stereocenters. The molecular weight excluding hydrogens is 304 g/mol. The van der Waals surface area contributed by atoms with E-state index in [1.165, 1.54) is 19.8 Å². The van der Waals surface area contributed by atoms with Gasteiger partial charge in [-0.1, -0.05) is 20.8 Å². The molecule has 138 valence electrons. The number of aliphatic hydroxyl groups excluding tert-OH is 1. The van der Waals surface area contributed by atoms with Crippen molar-refractivity contribution in [1.82, 2.24) is 9.80 Å². The van der Waals surface area contributed by atoms with Crippen LogP contribution in [0.4, 0.5) is 0 Å². The van der Waals surface area contributed by atoms with Gasteiger partial charge in [-0.15, -0.1) is 0 Å². The highest BCUT2D eigenvalue weighted by atomic mass is 16.3. The van der Waals surface area contributed by atoms with Crippen LogP contribution in [0.2, 0.25) is 0 Å². The average molecular weight is 338 g/mol. The highest BCUT2D eigenvalue weighted by molar-refractivity contribution is 5.81. The molecule has 24 heavy (non-hydrogen) atoms. The van der Waals surface area contributed by atoms with E-state index in [-0.39, 0.29) is 11.8 Å². The van der Waals surface area contributed by atoms with Crippen molar-refractivity contribution >= 4 is 11.8 Å². The van der Waals surface area contributed by atoms with E-state index in [0.717, 1.165) is 18.8 Å². The Hall–Kier alpha value is -1.10. The standard InChI is InChI=1S/C19H34N2O3/c1-14(22)18(24)21-11-9-20(10-12-21)17(23)13-15-5-7-16(8-6-15)19(2,3)4/h14-16,22H,5-13H2,1-4H3. The quantitative estimate of drug-likeness (QED) is 0.859. The lowest BCUT2D eigenvalue weighted by Crippen LogP contribution is -2.52. The topological polar surface area (TPSA) is 60.9 Å². The lowest BCUT2D eigenvalue weighted by Gasteiger charge is -2.38. The summed E-state index contributed by atoms with van der Waals surface area (Å²) in [5, 5.41) is 9.37. The summed E-state index contributed by atoms with van der Waals surface area (Å²) in [6.45, 7) is 10.7. The highest BCUT2D eigenvalue weighted by Gasteiger charge is 2.32. The van der Waals surface area contributed by atoms with Crippen molar-refractivity contribution in [2.45, 2.75) is 65.9 Å². The summed E-state index contributed by atoms with van der Waals surface area (Å²) in [6, 6.07) is 0. The third-order valence-corrected chi connectivity index (χ3v) is 5.84. The zero-order chi connectivity index (χ0) is 17.9. The van der Waals surface area contributed by atoms with Crippen LogP contribution >= 0.6 is 0 Å². The summed E-state index contributed by atoms with van der Waals surface area (Å²) >= 11 is 0. The van der Waals surface area contributed by atoms with E-state index in [1.54, 1.807) is 4.90 Å². The van der Waals surface area contributed by atoms with Crippen LogP contribution in [0.25, 0.3) is 0 Å². The summed E-state index contributed by atoms with van der Waals surface area (Å²) in [4.78, 5) is 27.8. The minimum Gasteiger partial charge on any atom is -0.384 e. The number of rotatable bonds is 3. The first-order valence-corrected chi connectivity index (χ1v) is 9.43. The number of aliphatic hydroxyl groups is 1. The van der Waals surface area contributed by atoms with E-state index < -0.39 is 6.10 Å². The van der Waals surface area contributed by atoms with Crippen LogP contribution in [0, 0.1) is 17.3 Å². The van der Waals surface area contributed by atoms with Gasteiger partial charge in [0.25, 0.3) is 5.91 Å². The lowest BCUT2D eigenvalue weighted by atomic mass is 9.69. The highest BCUT2D eigenvalue weighted by Crippen LogP contribution is 2.40. The van der Waals surface area contributed by atoms with E-state index in [2.05, 4.69) is 20.8 Å². The molecule has 2 aliphatic rings. The fourth-order valence-electron chi connectivity index (χ4n) is 4.05. The average Bonchev–Trinajstić information content (AvgIpc) is 2.54. The maximum absolute atomic E-state index is 12.5. The molecule has 5 nitrogen and oxygen atoms in total. The first-order valence-electron chi connectivity index (χ1n) is 9.43. The van der Waals surface area contributed by atoms with Gasteiger partial charge >= 0.3 is 0 Å². The summed E-state index contributed by atoms with van der Waals surface area (Å²) in [5.41, 5.74) is 0.377. The van der Waals surface area contributed by atoms with Crippen molar-refractivity contribution in [3.8, 4) is 0 Å². The Balaban J connectivity index is 1.74. The number of hydrogen-bond acceptors (Lipinski definition) is 3.